The highest BCUT2D eigenvalue weighted by Gasteiger charge is 2.44. The Hall–Kier alpha value is -0.280. The van der Waals surface area contributed by atoms with Crippen molar-refractivity contribution < 1.29 is 5.11 Å². The molecular formula is C16H21Cl2NO. The second-order valence-corrected chi connectivity index (χ2v) is 7.18. The molecule has 2 aliphatic carbocycles. The van der Waals surface area contributed by atoms with Crippen LogP contribution in [0, 0.1) is 17.8 Å². The van der Waals surface area contributed by atoms with Gasteiger partial charge in [0.1, 0.15) is 0 Å². The van der Waals surface area contributed by atoms with Gasteiger partial charge in [0.25, 0.3) is 0 Å². The largest absolute Gasteiger partial charge is 0.392 e. The highest BCUT2D eigenvalue weighted by atomic mass is 35.5. The van der Waals surface area contributed by atoms with E-state index in [4.69, 9.17) is 28.9 Å². The summed E-state index contributed by atoms with van der Waals surface area (Å²) in [6.07, 6.45) is 4.64. The molecule has 0 amide bonds. The number of hydrogen-bond donors (Lipinski definition) is 2. The lowest BCUT2D eigenvalue weighted by molar-refractivity contribution is 0.0532. The zero-order valence-corrected chi connectivity index (χ0v) is 12.9. The van der Waals surface area contributed by atoms with Gasteiger partial charge in [0.05, 0.1) is 6.10 Å². The van der Waals surface area contributed by atoms with Crippen LogP contribution in [0.25, 0.3) is 0 Å². The van der Waals surface area contributed by atoms with E-state index in [-0.39, 0.29) is 5.92 Å². The van der Waals surface area contributed by atoms with E-state index in [1.165, 1.54) is 19.3 Å². The van der Waals surface area contributed by atoms with E-state index in [2.05, 4.69) is 0 Å². The maximum atomic E-state index is 10.8. The highest BCUT2D eigenvalue weighted by Crippen LogP contribution is 2.51. The lowest BCUT2D eigenvalue weighted by Crippen LogP contribution is -2.35. The minimum absolute atomic E-state index is 0.0934. The minimum Gasteiger partial charge on any atom is -0.392 e. The molecule has 0 saturated heterocycles. The first kappa shape index (κ1) is 14.6. The van der Waals surface area contributed by atoms with Crippen LogP contribution >= 0.6 is 23.2 Å². The summed E-state index contributed by atoms with van der Waals surface area (Å²) in [6.45, 7) is 0.413. The molecule has 0 heterocycles. The Morgan fingerprint density at radius 2 is 2.05 bits per heavy atom. The van der Waals surface area contributed by atoms with E-state index in [0.29, 0.717) is 28.4 Å². The van der Waals surface area contributed by atoms with Gasteiger partial charge in [-0.2, -0.15) is 0 Å². The van der Waals surface area contributed by atoms with Crippen molar-refractivity contribution >= 4 is 23.2 Å². The monoisotopic (exact) mass is 313 g/mol. The molecule has 3 N–H and O–H groups in total. The molecule has 5 unspecified atom stereocenters. The number of hydrogen-bond acceptors (Lipinski definition) is 2. The number of aliphatic hydroxyl groups excluding tert-OH is 1. The van der Waals surface area contributed by atoms with Gasteiger partial charge >= 0.3 is 0 Å². The van der Waals surface area contributed by atoms with Crippen LogP contribution in [0.3, 0.4) is 0 Å². The topological polar surface area (TPSA) is 46.2 Å². The Bertz CT molecular complexity index is 493. The smallest absolute Gasteiger partial charge is 0.0652 e. The SMILES string of the molecule is NCC(c1ccc(Cl)cc1Cl)C(O)C1CC2CCC1C2. The zero-order valence-electron chi connectivity index (χ0n) is 11.4. The molecule has 4 heteroatoms. The van der Waals surface area contributed by atoms with Gasteiger partial charge in [0, 0.05) is 22.5 Å². The Balaban J connectivity index is 1.82. The number of nitrogens with two attached hydrogens (primary N) is 1. The van der Waals surface area contributed by atoms with Crippen LogP contribution in [0.15, 0.2) is 18.2 Å². The van der Waals surface area contributed by atoms with Crippen LogP contribution in [-0.2, 0) is 0 Å². The standard InChI is InChI=1S/C16H21Cl2NO/c17-11-3-4-12(15(18)7-11)14(8-19)16(20)13-6-9-1-2-10(13)5-9/h3-4,7,9-10,13-14,16,20H,1-2,5-6,8,19H2. The van der Waals surface area contributed by atoms with Crippen molar-refractivity contribution in [3.63, 3.8) is 0 Å². The fourth-order valence-electron chi connectivity index (χ4n) is 4.26. The molecule has 0 aromatic heterocycles. The molecule has 2 aliphatic rings. The third-order valence-corrected chi connectivity index (χ3v) is 5.82. The van der Waals surface area contributed by atoms with Crippen molar-refractivity contribution in [2.75, 3.05) is 6.54 Å². The normalized spacial score (nSPS) is 31.5. The summed E-state index contributed by atoms with van der Waals surface area (Å²) in [5.41, 5.74) is 6.85. The molecule has 5 atom stereocenters. The van der Waals surface area contributed by atoms with Crippen LogP contribution in [0.2, 0.25) is 10.0 Å². The fraction of sp³-hybridized carbons (Fsp3) is 0.625. The minimum atomic E-state index is -0.394. The van der Waals surface area contributed by atoms with Crippen LogP contribution in [0.1, 0.15) is 37.2 Å². The average Bonchev–Trinajstić information content (AvgIpc) is 3.04. The van der Waals surface area contributed by atoms with E-state index >= 15 is 0 Å². The molecule has 110 valence electrons. The summed E-state index contributed by atoms with van der Waals surface area (Å²) < 4.78 is 0. The molecule has 1 aromatic rings. The van der Waals surface area contributed by atoms with Crippen LogP contribution in [0.5, 0.6) is 0 Å². The van der Waals surface area contributed by atoms with E-state index in [1.54, 1.807) is 6.07 Å². The predicted octanol–water partition coefficient (Wildman–Crippen LogP) is 3.83. The van der Waals surface area contributed by atoms with E-state index < -0.39 is 6.10 Å². The number of fused-ring (bicyclic) bond motifs is 2. The van der Waals surface area contributed by atoms with Crippen molar-refractivity contribution in [3.8, 4) is 0 Å². The van der Waals surface area contributed by atoms with Crippen LogP contribution < -0.4 is 5.73 Å². The number of halogens is 2. The quantitative estimate of drug-likeness (QED) is 0.887. The number of aliphatic hydroxyl groups is 1. The van der Waals surface area contributed by atoms with Crippen LogP contribution in [0.4, 0.5) is 0 Å². The highest BCUT2D eigenvalue weighted by molar-refractivity contribution is 6.35. The molecule has 3 rings (SSSR count). The predicted molar refractivity (Wildman–Crippen MR) is 83.2 cm³/mol. The third kappa shape index (κ3) is 2.59. The molecule has 2 nitrogen and oxygen atoms in total. The van der Waals surface area contributed by atoms with Gasteiger partial charge in [-0.1, -0.05) is 35.7 Å². The Labute approximate surface area is 130 Å². The average molecular weight is 314 g/mol. The maximum absolute atomic E-state index is 10.8. The lowest BCUT2D eigenvalue weighted by Gasteiger charge is -2.32. The molecule has 0 aliphatic heterocycles. The molecule has 0 radical (unpaired) electrons. The second-order valence-electron chi connectivity index (χ2n) is 6.34. The van der Waals surface area contributed by atoms with Gasteiger partial charge in [-0.3, -0.25) is 0 Å². The third-order valence-electron chi connectivity index (χ3n) is 5.26. The molecule has 20 heavy (non-hydrogen) atoms. The van der Waals surface area contributed by atoms with E-state index in [1.807, 2.05) is 12.1 Å². The molecule has 2 saturated carbocycles. The van der Waals surface area contributed by atoms with Gasteiger partial charge < -0.3 is 10.8 Å². The summed E-state index contributed by atoms with van der Waals surface area (Å²) in [5.74, 6) is 1.78. The second kappa shape index (κ2) is 5.84. The van der Waals surface area contributed by atoms with Gasteiger partial charge in [0.15, 0.2) is 0 Å². The molecular weight excluding hydrogens is 293 g/mol. The summed E-state index contributed by atoms with van der Waals surface area (Å²) in [7, 11) is 0. The van der Waals surface area contributed by atoms with Gasteiger partial charge in [0.2, 0.25) is 0 Å². The van der Waals surface area contributed by atoms with E-state index in [9.17, 15) is 5.11 Å². The summed E-state index contributed by atoms with van der Waals surface area (Å²) in [4.78, 5) is 0. The van der Waals surface area contributed by atoms with Crippen molar-refractivity contribution in [1.82, 2.24) is 0 Å². The zero-order chi connectivity index (χ0) is 14.3. The Morgan fingerprint density at radius 1 is 1.25 bits per heavy atom. The summed E-state index contributed by atoms with van der Waals surface area (Å²) >= 11 is 12.2. The van der Waals surface area contributed by atoms with Crippen molar-refractivity contribution in [3.05, 3.63) is 33.8 Å². The first-order valence-electron chi connectivity index (χ1n) is 7.43. The van der Waals surface area contributed by atoms with Gasteiger partial charge in [-0.05, 0) is 54.7 Å². The molecule has 1 aromatic carbocycles. The van der Waals surface area contributed by atoms with Crippen molar-refractivity contribution in [2.24, 2.45) is 23.5 Å². The van der Waals surface area contributed by atoms with Crippen molar-refractivity contribution in [1.29, 1.82) is 0 Å². The van der Waals surface area contributed by atoms with Gasteiger partial charge in [-0.25, -0.2) is 0 Å². The van der Waals surface area contributed by atoms with Gasteiger partial charge in [-0.15, -0.1) is 0 Å². The fourth-order valence-corrected chi connectivity index (χ4v) is 4.81. The first-order chi connectivity index (χ1) is 9.60. The van der Waals surface area contributed by atoms with Crippen LogP contribution in [-0.4, -0.2) is 17.8 Å². The molecule has 0 spiro atoms. The van der Waals surface area contributed by atoms with Crippen molar-refractivity contribution in [2.45, 2.75) is 37.7 Å². The van der Waals surface area contributed by atoms with E-state index in [0.717, 1.165) is 17.9 Å². The lowest BCUT2D eigenvalue weighted by atomic mass is 9.77. The Morgan fingerprint density at radius 3 is 2.60 bits per heavy atom. The first-order valence-corrected chi connectivity index (χ1v) is 8.18. The summed E-state index contributed by atoms with van der Waals surface area (Å²) in [6, 6.07) is 5.45. The number of rotatable bonds is 4. The number of benzene rings is 1. The molecule has 2 bridgehead atoms. The maximum Gasteiger partial charge on any atom is 0.0652 e. The summed E-state index contributed by atoms with van der Waals surface area (Å²) in [5, 5.41) is 12.0. The molecule has 2 fully saturated rings. The Kier molecular flexibility index (Phi) is 4.28.